The van der Waals surface area contributed by atoms with Crippen molar-refractivity contribution in [1.29, 1.82) is 0 Å². The lowest BCUT2D eigenvalue weighted by atomic mass is 9.83. The van der Waals surface area contributed by atoms with Crippen molar-refractivity contribution in [2.45, 2.75) is 32.6 Å². The molecule has 2 nitrogen and oxygen atoms in total. The van der Waals surface area contributed by atoms with Gasteiger partial charge in [0, 0.05) is 6.20 Å². The summed E-state index contributed by atoms with van der Waals surface area (Å²) in [6, 6.07) is 2.05. The van der Waals surface area contributed by atoms with Gasteiger partial charge in [-0.25, -0.2) is 0 Å². The second kappa shape index (κ2) is 5.38. The molecule has 0 unspecified atom stereocenters. The molecule has 3 heteroatoms. The summed E-state index contributed by atoms with van der Waals surface area (Å²) in [5.41, 5.74) is 1.16. The summed E-state index contributed by atoms with van der Waals surface area (Å²) in [6.07, 6.45) is 9.02. The Morgan fingerprint density at radius 2 is 2.06 bits per heavy atom. The van der Waals surface area contributed by atoms with Gasteiger partial charge in [-0.3, -0.25) is 4.98 Å². The van der Waals surface area contributed by atoms with Gasteiger partial charge in [0.1, 0.15) is 13.6 Å². The number of ether oxygens (including phenoxy) is 1. The number of aromatic nitrogens is 1. The molecule has 86 valence electrons. The van der Waals surface area contributed by atoms with E-state index >= 15 is 0 Å². The van der Waals surface area contributed by atoms with Crippen LogP contribution in [0, 0.1) is 11.8 Å². The van der Waals surface area contributed by atoms with Crippen molar-refractivity contribution in [3.05, 3.63) is 18.5 Å². The molecule has 0 aromatic carbocycles. The summed E-state index contributed by atoms with van der Waals surface area (Å²) in [7, 11) is 2.04. The van der Waals surface area contributed by atoms with Gasteiger partial charge in [0.15, 0.2) is 0 Å². The van der Waals surface area contributed by atoms with Crippen LogP contribution in [0.2, 0.25) is 0 Å². The highest BCUT2D eigenvalue weighted by Crippen LogP contribution is 2.28. The molecule has 0 N–H and O–H groups in total. The second-order valence-electron chi connectivity index (χ2n) is 5.13. The Bertz CT molecular complexity index is 334. The van der Waals surface area contributed by atoms with E-state index in [1.165, 1.54) is 25.7 Å². The Balaban J connectivity index is 1.79. The molecule has 1 fully saturated rings. The largest absolute Gasteiger partial charge is 0.492 e. The molecule has 2 rings (SSSR count). The zero-order valence-corrected chi connectivity index (χ0v) is 10.3. The molecule has 0 spiro atoms. The first kappa shape index (κ1) is 11.5. The van der Waals surface area contributed by atoms with Gasteiger partial charge in [-0.05, 0) is 30.7 Å². The molecular formula is C13H20BNO. The summed E-state index contributed by atoms with van der Waals surface area (Å²) in [5.74, 6) is 2.58. The molecular weight excluding hydrogens is 197 g/mol. The Hall–Kier alpha value is -0.985. The van der Waals surface area contributed by atoms with Crippen molar-refractivity contribution in [2.75, 3.05) is 6.61 Å². The maximum atomic E-state index is 5.80. The van der Waals surface area contributed by atoms with Crippen LogP contribution in [0.25, 0.3) is 0 Å². The fourth-order valence-electron chi connectivity index (χ4n) is 2.32. The average molecular weight is 217 g/mol. The van der Waals surface area contributed by atoms with Crippen molar-refractivity contribution < 1.29 is 4.74 Å². The van der Waals surface area contributed by atoms with E-state index in [1.807, 2.05) is 14.0 Å². The van der Waals surface area contributed by atoms with Gasteiger partial charge in [0.2, 0.25) is 0 Å². The van der Waals surface area contributed by atoms with Gasteiger partial charge in [0.25, 0.3) is 0 Å². The van der Waals surface area contributed by atoms with Gasteiger partial charge in [-0.2, -0.15) is 0 Å². The third kappa shape index (κ3) is 3.26. The minimum atomic E-state index is 0.747. The molecule has 16 heavy (non-hydrogen) atoms. The van der Waals surface area contributed by atoms with Gasteiger partial charge >= 0.3 is 0 Å². The van der Waals surface area contributed by atoms with Crippen molar-refractivity contribution in [1.82, 2.24) is 4.98 Å². The van der Waals surface area contributed by atoms with Crippen LogP contribution in [0.1, 0.15) is 32.6 Å². The second-order valence-corrected chi connectivity index (χ2v) is 5.13. The molecule has 0 aliphatic heterocycles. The molecule has 0 radical (unpaired) electrons. The number of pyridine rings is 1. The van der Waals surface area contributed by atoms with Crippen LogP contribution in [0.15, 0.2) is 18.5 Å². The fourth-order valence-corrected chi connectivity index (χ4v) is 2.32. The smallest absolute Gasteiger partial charge is 0.141 e. The Morgan fingerprint density at radius 1 is 1.31 bits per heavy atom. The zero-order chi connectivity index (χ0) is 11.4. The van der Waals surface area contributed by atoms with Crippen LogP contribution >= 0.6 is 0 Å². The number of hydrogen-bond donors (Lipinski definition) is 0. The van der Waals surface area contributed by atoms with Crippen LogP contribution in [0.3, 0.4) is 0 Å². The fraction of sp³-hybridized carbons (Fsp3) is 0.615. The molecule has 1 aliphatic carbocycles. The maximum absolute atomic E-state index is 5.80. The topological polar surface area (TPSA) is 22.1 Å². The Morgan fingerprint density at radius 3 is 2.75 bits per heavy atom. The lowest BCUT2D eigenvalue weighted by Crippen LogP contribution is -2.19. The first-order chi connectivity index (χ1) is 7.74. The van der Waals surface area contributed by atoms with E-state index in [1.54, 1.807) is 6.20 Å². The van der Waals surface area contributed by atoms with E-state index in [4.69, 9.17) is 4.74 Å². The lowest BCUT2D eigenvalue weighted by molar-refractivity contribution is 0.188. The van der Waals surface area contributed by atoms with Crippen LogP contribution < -0.4 is 10.2 Å². The predicted octanol–water partition coefficient (Wildman–Crippen LogP) is 1.55. The van der Waals surface area contributed by atoms with Crippen LogP contribution in [-0.4, -0.2) is 19.4 Å². The van der Waals surface area contributed by atoms with Crippen LogP contribution in [0.5, 0.6) is 5.75 Å². The Kier molecular flexibility index (Phi) is 3.86. The van der Waals surface area contributed by atoms with E-state index in [2.05, 4.69) is 18.0 Å². The minimum absolute atomic E-state index is 0.747. The normalized spacial score (nSPS) is 25.3. The summed E-state index contributed by atoms with van der Waals surface area (Å²) in [6.45, 7) is 3.21. The third-order valence-electron chi connectivity index (χ3n) is 3.47. The lowest BCUT2D eigenvalue weighted by Gasteiger charge is -2.25. The molecule has 1 heterocycles. The van der Waals surface area contributed by atoms with Crippen molar-refractivity contribution in [2.24, 2.45) is 11.8 Å². The van der Waals surface area contributed by atoms with Crippen molar-refractivity contribution in [3.63, 3.8) is 0 Å². The minimum Gasteiger partial charge on any atom is -0.492 e. The first-order valence-corrected chi connectivity index (χ1v) is 6.28. The van der Waals surface area contributed by atoms with E-state index in [0.29, 0.717) is 0 Å². The van der Waals surface area contributed by atoms with E-state index in [-0.39, 0.29) is 0 Å². The summed E-state index contributed by atoms with van der Waals surface area (Å²) in [4.78, 5) is 4.14. The summed E-state index contributed by atoms with van der Waals surface area (Å²) >= 11 is 0. The van der Waals surface area contributed by atoms with Crippen molar-refractivity contribution in [3.8, 4) is 5.75 Å². The molecule has 0 bridgehead atoms. The molecule has 0 amide bonds. The Labute approximate surface area is 98.8 Å². The highest BCUT2D eigenvalue weighted by atomic mass is 16.5. The molecule has 1 aliphatic rings. The van der Waals surface area contributed by atoms with E-state index < -0.39 is 0 Å². The monoisotopic (exact) mass is 217 g/mol. The summed E-state index contributed by atoms with van der Waals surface area (Å²) in [5, 5.41) is 0. The highest BCUT2D eigenvalue weighted by molar-refractivity contribution is 6.32. The molecule has 1 aromatic rings. The highest BCUT2D eigenvalue weighted by Gasteiger charge is 2.18. The van der Waals surface area contributed by atoms with E-state index in [0.717, 1.165) is 29.7 Å². The van der Waals surface area contributed by atoms with Gasteiger partial charge < -0.3 is 4.74 Å². The molecule has 0 saturated heterocycles. The van der Waals surface area contributed by atoms with Gasteiger partial charge in [0.05, 0.1) is 12.8 Å². The van der Waals surface area contributed by atoms with Gasteiger partial charge in [-0.1, -0.05) is 25.2 Å². The standard InChI is InChI=1S/C13H20BNO/c1-10-2-4-11(5-3-10)9-16-13-6-12(14)7-15-8-13/h6-8,10-11H,2-5,9,14H2,1H3/t10-,11-. The third-order valence-corrected chi connectivity index (χ3v) is 3.47. The molecule has 1 aromatic heterocycles. The first-order valence-electron chi connectivity index (χ1n) is 6.28. The average Bonchev–Trinajstić information content (AvgIpc) is 2.28. The molecule has 0 atom stereocenters. The summed E-state index contributed by atoms with van der Waals surface area (Å²) < 4.78 is 5.80. The number of hydrogen-bond acceptors (Lipinski definition) is 2. The van der Waals surface area contributed by atoms with Crippen LogP contribution in [0.4, 0.5) is 0 Å². The van der Waals surface area contributed by atoms with E-state index in [9.17, 15) is 0 Å². The zero-order valence-electron chi connectivity index (χ0n) is 10.3. The van der Waals surface area contributed by atoms with Crippen LogP contribution in [-0.2, 0) is 0 Å². The van der Waals surface area contributed by atoms with Crippen molar-refractivity contribution >= 4 is 13.3 Å². The number of nitrogens with zero attached hydrogens (tertiary/aromatic N) is 1. The predicted molar refractivity (Wildman–Crippen MR) is 69.0 cm³/mol. The SMILES string of the molecule is Bc1cncc(OC[C@H]2CC[C@H](C)CC2)c1. The maximum Gasteiger partial charge on any atom is 0.141 e. The van der Waals surface area contributed by atoms with Gasteiger partial charge in [-0.15, -0.1) is 0 Å². The quantitative estimate of drug-likeness (QED) is 0.716. The molecule has 1 saturated carbocycles. The number of rotatable bonds is 3.